The molecule has 2 aliphatic heterocycles. The highest BCUT2D eigenvalue weighted by Gasteiger charge is 2.68. The fourth-order valence-electron chi connectivity index (χ4n) is 8.80. The van der Waals surface area contributed by atoms with Crippen molar-refractivity contribution in [3.05, 3.63) is 52.5 Å². The molecule has 3 saturated carbocycles. The van der Waals surface area contributed by atoms with E-state index in [0.717, 1.165) is 49.4 Å². The Morgan fingerprint density at radius 2 is 1.89 bits per heavy atom. The summed E-state index contributed by atoms with van der Waals surface area (Å²) in [5, 5.41) is 0.724. The summed E-state index contributed by atoms with van der Waals surface area (Å²) in [5.74, 6) is 0.536. The highest BCUT2D eigenvalue weighted by molar-refractivity contribution is 7.90. The van der Waals surface area contributed by atoms with E-state index in [0.29, 0.717) is 37.2 Å². The second-order valence-electron chi connectivity index (χ2n) is 13.7. The first-order valence-electron chi connectivity index (χ1n) is 15.6. The van der Waals surface area contributed by atoms with Gasteiger partial charge in [-0.3, -0.25) is 9.59 Å². The van der Waals surface area contributed by atoms with Crippen LogP contribution in [0.15, 0.2) is 41.3 Å². The number of amides is 2. The number of likely N-dealkylation sites (N-methyl/N-ethyl adjacent to an activating group) is 1. The normalized spacial score (nSPS) is 34.5. The Balaban J connectivity index is 1.33. The first-order valence-corrected chi connectivity index (χ1v) is 17.5. The number of rotatable bonds is 1. The van der Waals surface area contributed by atoms with Gasteiger partial charge in [0.05, 0.1) is 23.3 Å². The summed E-state index contributed by atoms with van der Waals surface area (Å²) >= 11 is 6.41. The number of hydrogen-bond acceptors (Lipinski definition) is 7. The minimum absolute atomic E-state index is 0.00798. The third kappa shape index (κ3) is 4.70. The number of halogens is 1. The number of nitrogens with zero attached hydrogens (tertiary/aromatic N) is 2. The van der Waals surface area contributed by atoms with Crippen LogP contribution in [-0.2, 0) is 36.2 Å². The largest absolute Gasteiger partial charge is 0.490 e. The number of nitrogens with one attached hydrogen (secondary N) is 1. The molecule has 4 atom stereocenters. The molecule has 2 spiro atoms. The predicted molar refractivity (Wildman–Crippen MR) is 166 cm³/mol. The van der Waals surface area contributed by atoms with E-state index >= 15 is 0 Å². The standard InChI is InChI=1S/C33H40ClN3O6S/c1-20-31(39)35-44(40,41)24-7-9-27-26(14-24)37(17-32(19-43-27)12-4-5-21-13-23(34)6-8-25(21)32)18-33-15-22(16-33)30(33)28(42-3)10-11-29(38)36(20)2/h6-9,13-14,20,22,28,30H,4-5,10-12,15-19H2,1-3H3,(H,35,39)/t20?,22?,28-,30-,32-,33?/m0/s1. The first-order chi connectivity index (χ1) is 20.9. The van der Waals surface area contributed by atoms with Crippen molar-refractivity contribution in [2.24, 2.45) is 17.3 Å². The van der Waals surface area contributed by atoms with E-state index in [1.54, 1.807) is 19.2 Å². The second kappa shape index (κ2) is 10.6. The summed E-state index contributed by atoms with van der Waals surface area (Å²) in [7, 11) is -0.950. The van der Waals surface area contributed by atoms with Crippen LogP contribution in [0.4, 0.5) is 5.69 Å². The Bertz CT molecular complexity index is 1630. The van der Waals surface area contributed by atoms with Gasteiger partial charge in [-0.15, -0.1) is 0 Å². The number of aryl methyl sites for hydroxylation is 1. The van der Waals surface area contributed by atoms with Gasteiger partial charge in [0.25, 0.3) is 15.9 Å². The average molecular weight is 642 g/mol. The highest BCUT2D eigenvalue weighted by Crippen LogP contribution is 2.71. The number of sulfonamides is 1. The summed E-state index contributed by atoms with van der Waals surface area (Å²) in [6.07, 6.45) is 5.79. The van der Waals surface area contributed by atoms with Crippen LogP contribution in [0.1, 0.15) is 56.6 Å². The molecule has 0 radical (unpaired) electrons. The molecule has 9 nitrogen and oxygen atoms in total. The van der Waals surface area contributed by atoms with Crippen LogP contribution in [0.5, 0.6) is 5.75 Å². The summed E-state index contributed by atoms with van der Waals surface area (Å²) in [4.78, 5) is 29.9. The van der Waals surface area contributed by atoms with E-state index in [-0.39, 0.29) is 34.2 Å². The van der Waals surface area contributed by atoms with Gasteiger partial charge in [-0.25, -0.2) is 13.1 Å². The van der Waals surface area contributed by atoms with Gasteiger partial charge < -0.3 is 19.3 Å². The third-order valence-electron chi connectivity index (χ3n) is 11.3. The Labute approximate surface area is 264 Å². The van der Waals surface area contributed by atoms with Crippen molar-refractivity contribution >= 4 is 39.1 Å². The molecule has 2 amide bonds. The molecule has 1 N–H and O–H groups in total. The lowest BCUT2D eigenvalue weighted by atomic mass is 9.36. The minimum Gasteiger partial charge on any atom is -0.490 e. The lowest BCUT2D eigenvalue weighted by Crippen LogP contribution is -2.69. The lowest BCUT2D eigenvalue weighted by Gasteiger charge is -2.71. The SMILES string of the molecule is CO[C@H]1CCC(=O)N(C)C(C)C(=O)NS(=O)(=O)c2ccc3c(c2)N(CC24CC(C2)[C@@H]14)C[C@@]1(CCCc2cc(Cl)ccc21)CO3. The van der Waals surface area contributed by atoms with E-state index in [1.807, 2.05) is 6.07 Å². The van der Waals surface area contributed by atoms with E-state index in [1.165, 1.54) is 36.1 Å². The molecule has 2 heterocycles. The van der Waals surface area contributed by atoms with Gasteiger partial charge >= 0.3 is 0 Å². The number of methoxy groups -OCH3 is 1. The molecule has 4 aliphatic carbocycles. The van der Waals surface area contributed by atoms with E-state index in [2.05, 4.69) is 21.8 Å². The van der Waals surface area contributed by atoms with Crippen LogP contribution in [0.25, 0.3) is 0 Å². The Hall–Kier alpha value is -2.82. The van der Waals surface area contributed by atoms with Crippen molar-refractivity contribution in [1.29, 1.82) is 0 Å². The summed E-state index contributed by atoms with van der Waals surface area (Å²) < 4.78 is 41.9. The first kappa shape index (κ1) is 29.9. The van der Waals surface area contributed by atoms with Crippen LogP contribution in [0, 0.1) is 17.3 Å². The molecule has 0 aromatic heterocycles. The molecule has 236 valence electrons. The number of benzene rings is 2. The average Bonchev–Trinajstić information content (AvgIpc) is 3.12. The van der Waals surface area contributed by atoms with Crippen molar-refractivity contribution in [1.82, 2.24) is 9.62 Å². The molecule has 6 aliphatic rings. The van der Waals surface area contributed by atoms with Gasteiger partial charge in [0, 0.05) is 44.1 Å². The van der Waals surface area contributed by atoms with Gasteiger partial charge in [-0.1, -0.05) is 17.7 Å². The quantitative estimate of drug-likeness (QED) is 0.495. The molecular formula is C33H40ClN3O6S. The summed E-state index contributed by atoms with van der Waals surface area (Å²) in [6.45, 7) is 3.41. The molecule has 2 aromatic carbocycles. The molecule has 3 fully saturated rings. The van der Waals surface area contributed by atoms with Gasteiger partial charge in [0.1, 0.15) is 11.8 Å². The smallest absolute Gasteiger partial charge is 0.264 e. The van der Waals surface area contributed by atoms with Crippen molar-refractivity contribution < 1.29 is 27.5 Å². The highest BCUT2D eigenvalue weighted by atomic mass is 35.5. The molecule has 2 aromatic rings. The zero-order valence-corrected chi connectivity index (χ0v) is 27.0. The molecule has 44 heavy (non-hydrogen) atoms. The molecule has 11 heteroatoms. The molecular weight excluding hydrogens is 602 g/mol. The van der Waals surface area contributed by atoms with Gasteiger partial charge in [0.15, 0.2) is 0 Å². The number of fused-ring (bicyclic) bond motifs is 3. The van der Waals surface area contributed by atoms with Crippen LogP contribution in [0.3, 0.4) is 0 Å². The van der Waals surface area contributed by atoms with Crippen LogP contribution in [-0.4, -0.2) is 71.1 Å². The maximum atomic E-state index is 13.6. The van der Waals surface area contributed by atoms with Crippen LogP contribution >= 0.6 is 11.6 Å². The molecule has 4 bridgehead atoms. The van der Waals surface area contributed by atoms with Crippen molar-refractivity contribution in [2.75, 3.05) is 38.8 Å². The zero-order valence-electron chi connectivity index (χ0n) is 25.5. The summed E-state index contributed by atoms with van der Waals surface area (Å²) in [5.41, 5.74) is 2.92. The molecule has 0 saturated heterocycles. The number of carbonyl (C=O) groups excluding carboxylic acids is 2. The van der Waals surface area contributed by atoms with Crippen molar-refractivity contribution in [2.45, 2.75) is 74.3 Å². The second-order valence-corrected chi connectivity index (χ2v) is 15.8. The Morgan fingerprint density at radius 3 is 2.61 bits per heavy atom. The van der Waals surface area contributed by atoms with Crippen molar-refractivity contribution in [3.63, 3.8) is 0 Å². The van der Waals surface area contributed by atoms with Crippen LogP contribution < -0.4 is 14.4 Å². The van der Waals surface area contributed by atoms with E-state index < -0.39 is 22.0 Å². The van der Waals surface area contributed by atoms with Gasteiger partial charge in [-0.2, -0.15) is 0 Å². The maximum absolute atomic E-state index is 13.6. The number of anilines is 1. The zero-order chi connectivity index (χ0) is 31.0. The van der Waals surface area contributed by atoms with E-state index in [9.17, 15) is 18.0 Å². The minimum atomic E-state index is -4.22. The van der Waals surface area contributed by atoms with Gasteiger partial charge in [0.2, 0.25) is 5.91 Å². The Kier molecular flexibility index (Phi) is 7.21. The van der Waals surface area contributed by atoms with Crippen LogP contribution in [0.2, 0.25) is 5.02 Å². The monoisotopic (exact) mass is 641 g/mol. The fourth-order valence-corrected chi connectivity index (χ4v) is 10.1. The predicted octanol–water partition coefficient (Wildman–Crippen LogP) is 4.30. The van der Waals surface area contributed by atoms with Gasteiger partial charge in [-0.05, 0) is 104 Å². The number of carbonyl (C=O) groups is 2. The molecule has 1 unspecified atom stereocenters. The lowest BCUT2D eigenvalue weighted by molar-refractivity contribution is -0.233. The fraction of sp³-hybridized carbons (Fsp3) is 0.576. The number of ether oxygens (including phenoxy) is 2. The topological polar surface area (TPSA) is 105 Å². The molecule has 8 rings (SSSR count). The maximum Gasteiger partial charge on any atom is 0.264 e. The Morgan fingerprint density at radius 1 is 1.09 bits per heavy atom. The number of hydrogen-bond donors (Lipinski definition) is 1. The summed E-state index contributed by atoms with van der Waals surface area (Å²) in [6, 6.07) is 10.0. The van der Waals surface area contributed by atoms with Crippen molar-refractivity contribution in [3.8, 4) is 5.75 Å². The third-order valence-corrected chi connectivity index (χ3v) is 12.9. The van der Waals surface area contributed by atoms with E-state index in [4.69, 9.17) is 21.1 Å².